The highest BCUT2D eigenvalue weighted by atomic mass is 32.2. The Morgan fingerprint density at radius 2 is 1.93 bits per heavy atom. The van der Waals surface area contributed by atoms with E-state index < -0.39 is 0 Å². The van der Waals surface area contributed by atoms with Gasteiger partial charge in [0.15, 0.2) is 5.16 Å². The monoisotopic (exact) mass is 421 g/mol. The molecule has 2 aromatic heterocycles. The predicted octanol–water partition coefficient (Wildman–Crippen LogP) is 4.14. The van der Waals surface area contributed by atoms with Crippen LogP contribution >= 0.6 is 23.1 Å². The molecular weight excluding hydrogens is 402 g/mol. The van der Waals surface area contributed by atoms with Crippen LogP contribution in [0.4, 0.5) is 0 Å². The molecule has 0 spiro atoms. The lowest BCUT2D eigenvalue weighted by Gasteiger charge is -2.06. The zero-order chi connectivity index (χ0) is 20.1. The molecule has 1 amide bonds. The first-order chi connectivity index (χ1) is 14.2. The lowest BCUT2D eigenvalue weighted by Crippen LogP contribution is -2.25. The summed E-state index contributed by atoms with van der Waals surface area (Å²) < 4.78 is 0. The highest BCUT2D eigenvalue weighted by Gasteiger charge is 2.09. The molecule has 4 rings (SSSR count). The molecule has 0 radical (unpaired) electrons. The summed E-state index contributed by atoms with van der Waals surface area (Å²) in [5, 5.41) is 7.73. The number of rotatable bonds is 7. The molecule has 0 aliphatic carbocycles. The third-order valence-electron chi connectivity index (χ3n) is 4.34. The van der Waals surface area contributed by atoms with E-state index in [2.05, 4.69) is 45.6 Å². The standard InChI is InChI=1S/C22H19N3O2S2/c26-20(23-13-19-6-3-9-28-19)11-18-12-21(27)25-22(24-18)29-14-15-7-8-16-4-1-2-5-17(16)10-15/h1-10,12H,11,13-14H2,(H,23,26)(H,24,25,27). The summed E-state index contributed by atoms with van der Waals surface area (Å²) in [7, 11) is 0. The van der Waals surface area contributed by atoms with Gasteiger partial charge in [-0.1, -0.05) is 60.3 Å². The van der Waals surface area contributed by atoms with Crippen LogP contribution < -0.4 is 10.9 Å². The minimum atomic E-state index is -0.248. The predicted molar refractivity (Wildman–Crippen MR) is 118 cm³/mol. The Balaban J connectivity index is 1.39. The normalized spacial score (nSPS) is 10.9. The number of hydrogen-bond acceptors (Lipinski definition) is 5. The summed E-state index contributed by atoms with van der Waals surface area (Å²) in [6.07, 6.45) is 0.0822. The zero-order valence-electron chi connectivity index (χ0n) is 15.6. The summed E-state index contributed by atoms with van der Waals surface area (Å²) in [4.78, 5) is 32.4. The number of aromatic amines is 1. The average Bonchev–Trinajstić information content (AvgIpc) is 3.24. The van der Waals surface area contributed by atoms with Crippen LogP contribution in [-0.2, 0) is 23.5 Å². The number of aromatic nitrogens is 2. The van der Waals surface area contributed by atoms with Gasteiger partial charge in [-0.3, -0.25) is 9.59 Å². The van der Waals surface area contributed by atoms with Gasteiger partial charge in [0.2, 0.25) is 5.91 Å². The number of H-pyrrole nitrogens is 1. The van der Waals surface area contributed by atoms with Crippen LogP contribution in [0.2, 0.25) is 0 Å². The number of hydrogen-bond donors (Lipinski definition) is 2. The summed E-state index contributed by atoms with van der Waals surface area (Å²) >= 11 is 3.04. The number of thiophene rings is 1. The van der Waals surface area contributed by atoms with Crippen molar-refractivity contribution in [3.63, 3.8) is 0 Å². The van der Waals surface area contributed by atoms with Crippen LogP contribution in [0.3, 0.4) is 0 Å². The molecule has 0 saturated carbocycles. The van der Waals surface area contributed by atoms with E-state index >= 15 is 0 Å². The Hall–Kier alpha value is -2.90. The number of amides is 1. The first-order valence-electron chi connectivity index (χ1n) is 9.15. The molecule has 146 valence electrons. The number of carbonyl (C=O) groups is 1. The SMILES string of the molecule is O=C(Cc1cc(=O)[nH]c(SCc2ccc3ccccc3c2)n1)NCc1cccs1. The first-order valence-corrected chi connectivity index (χ1v) is 11.0. The van der Waals surface area contributed by atoms with Gasteiger partial charge in [-0.05, 0) is 27.8 Å². The second-order valence-electron chi connectivity index (χ2n) is 6.54. The van der Waals surface area contributed by atoms with Gasteiger partial charge in [0, 0.05) is 16.7 Å². The van der Waals surface area contributed by atoms with Gasteiger partial charge in [0.25, 0.3) is 5.56 Å². The van der Waals surface area contributed by atoms with Crippen LogP contribution in [0.1, 0.15) is 16.1 Å². The van der Waals surface area contributed by atoms with Crippen LogP contribution in [0.5, 0.6) is 0 Å². The molecule has 7 heteroatoms. The second-order valence-corrected chi connectivity index (χ2v) is 8.54. The molecule has 0 aliphatic heterocycles. The number of fused-ring (bicyclic) bond motifs is 1. The third-order valence-corrected chi connectivity index (χ3v) is 6.16. The fourth-order valence-electron chi connectivity index (χ4n) is 2.95. The topological polar surface area (TPSA) is 74.8 Å². The van der Waals surface area contributed by atoms with Crippen molar-refractivity contribution in [2.24, 2.45) is 0 Å². The zero-order valence-corrected chi connectivity index (χ0v) is 17.2. The fraction of sp³-hybridized carbons (Fsp3) is 0.136. The van der Waals surface area contributed by atoms with Crippen molar-refractivity contribution in [1.82, 2.24) is 15.3 Å². The van der Waals surface area contributed by atoms with Gasteiger partial charge >= 0.3 is 0 Å². The van der Waals surface area contributed by atoms with E-state index in [1.807, 2.05) is 29.6 Å². The van der Waals surface area contributed by atoms with Crippen LogP contribution in [0, 0.1) is 0 Å². The molecule has 0 atom stereocenters. The molecule has 2 N–H and O–H groups in total. The van der Waals surface area contributed by atoms with Crippen LogP contribution in [0.15, 0.2) is 76.0 Å². The third kappa shape index (κ3) is 5.34. The van der Waals surface area contributed by atoms with E-state index in [-0.39, 0.29) is 17.9 Å². The number of thioether (sulfide) groups is 1. The average molecular weight is 422 g/mol. The molecule has 4 aromatic rings. The molecule has 29 heavy (non-hydrogen) atoms. The Labute approximate surface area is 176 Å². The van der Waals surface area contributed by atoms with E-state index in [1.54, 1.807) is 11.3 Å². The van der Waals surface area contributed by atoms with Crippen molar-refractivity contribution in [1.29, 1.82) is 0 Å². The quantitative estimate of drug-likeness (QED) is 0.347. The van der Waals surface area contributed by atoms with E-state index in [1.165, 1.54) is 28.6 Å². The Morgan fingerprint density at radius 1 is 1.07 bits per heavy atom. The molecule has 5 nitrogen and oxygen atoms in total. The van der Waals surface area contributed by atoms with Crippen molar-refractivity contribution < 1.29 is 4.79 Å². The number of nitrogens with one attached hydrogen (secondary N) is 2. The highest BCUT2D eigenvalue weighted by molar-refractivity contribution is 7.98. The van der Waals surface area contributed by atoms with E-state index in [0.29, 0.717) is 23.1 Å². The molecule has 0 bridgehead atoms. The van der Waals surface area contributed by atoms with Gasteiger partial charge in [-0.2, -0.15) is 0 Å². The molecule has 0 fully saturated rings. The van der Waals surface area contributed by atoms with E-state index in [9.17, 15) is 9.59 Å². The number of benzene rings is 2. The molecule has 2 aromatic carbocycles. The molecule has 2 heterocycles. The minimum Gasteiger partial charge on any atom is -0.351 e. The van der Waals surface area contributed by atoms with Crippen LogP contribution in [0.25, 0.3) is 10.8 Å². The van der Waals surface area contributed by atoms with Crippen molar-refractivity contribution in [2.45, 2.75) is 23.9 Å². The number of nitrogens with zero attached hydrogens (tertiary/aromatic N) is 1. The van der Waals surface area contributed by atoms with Crippen molar-refractivity contribution in [2.75, 3.05) is 0 Å². The second kappa shape index (κ2) is 9.07. The largest absolute Gasteiger partial charge is 0.351 e. The van der Waals surface area contributed by atoms with E-state index in [0.717, 1.165) is 10.4 Å². The Kier molecular flexibility index (Phi) is 6.07. The van der Waals surface area contributed by atoms with Gasteiger partial charge in [0.05, 0.1) is 18.7 Å². The first kappa shape index (κ1) is 19.4. The maximum Gasteiger partial charge on any atom is 0.251 e. The molecule has 0 saturated heterocycles. The van der Waals surface area contributed by atoms with Gasteiger partial charge in [-0.15, -0.1) is 11.3 Å². The summed E-state index contributed by atoms with van der Waals surface area (Å²) in [6.45, 7) is 0.489. The maximum atomic E-state index is 12.2. The van der Waals surface area contributed by atoms with E-state index in [4.69, 9.17) is 0 Å². The summed E-state index contributed by atoms with van der Waals surface area (Å²) in [5.74, 6) is 0.531. The molecule has 0 unspecified atom stereocenters. The van der Waals surface area contributed by atoms with Gasteiger partial charge in [0.1, 0.15) is 0 Å². The van der Waals surface area contributed by atoms with Crippen molar-refractivity contribution in [3.05, 3.63) is 92.5 Å². The fourth-order valence-corrected chi connectivity index (χ4v) is 4.43. The lowest BCUT2D eigenvalue weighted by atomic mass is 10.1. The van der Waals surface area contributed by atoms with Gasteiger partial charge < -0.3 is 10.3 Å². The highest BCUT2D eigenvalue weighted by Crippen LogP contribution is 2.22. The molecule has 0 aliphatic rings. The Morgan fingerprint density at radius 3 is 2.76 bits per heavy atom. The summed E-state index contributed by atoms with van der Waals surface area (Å²) in [6, 6.07) is 19.8. The minimum absolute atomic E-state index is 0.0822. The summed E-state index contributed by atoms with van der Waals surface area (Å²) in [5.41, 5.74) is 1.37. The molecular formula is C22H19N3O2S2. The Bertz CT molecular complexity index is 1190. The lowest BCUT2D eigenvalue weighted by molar-refractivity contribution is -0.120. The van der Waals surface area contributed by atoms with Gasteiger partial charge in [-0.25, -0.2) is 4.98 Å². The number of carbonyl (C=O) groups excluding carboxylic acids is 1. The van der Waals surface area contributed by atoms with Crippen LogP contribution in [-0.4, -0.2) is 15.9 Å². The maximum absolute atomic E-state index is 12.2. The van der Waals surface area contributed by atoms with Crippen molar-refractivity contribution >= 4 is 39.8 Å². The smallest absolute Gasteiger partial charge is 0.251 e. The van der Waals surface area contributed by atoms with Crippen molar-refractivity contribution in [3.8, 4) is 0 Å².